The lowest BCUT2D eigenvalue weighted by Gasteiger charge is -2.37. The van der Waals surface area contributed by atoms with Crippen molar-refractivity contribution >= 4 is 29.9 Å². The Balaban J connectivity index is 0.00000300. The van der Waals surface area contributed by atoms with Gasteiger partial charge in [-0.25, -0.2) is 0 Å². The van der Waals surface area contributed by atoms with Crippen molar-refractivity contribution < 1.29 is 18.9 Å². The molecule has 0 saturated carbocycles. The van der Waals surface area contributed by atoms with Crippen LogP contribution < -0.4 is 14.8 Å². The predicted octanol–water partition coefficient (Wildman–Crippen LogP) is 3.06. The highest BCUT2D eigenvalue weighted by atomic mass is 127. The first kappa shape index (κ1) is 24.0. The molecule has 164 valence electrons. The topological polar surface area (TPSA) is 64.6 Å². The van der Waals surface area contributed by atoms with Crippen molar-refractivity contribution in [1.29, 1.82) is 0 Å². The Bertz CT molecular complexity index is 653. The van der Waals surface area contributed by atoms with Gasteiger partial charge in [0, 0.05) is 33.3 Å². The quantitative estimate of drug-likeness (QED) is 0.340. The van der Waals surface area contributed by atoms with Crippen LogP contribution in [-0.4, -0.2) is 70.1 Å². The van der Waals surface area contributed by atoms with Crippen molar-refractivity contribution in [3.63, 3.8) is 0 Å². The fourth-order valence-corrected chi connectivity index (χ4v) is 3.66. The first-order valence-electron chi connectivity index (χ1n) is 10.2. The summed E-state index contributed by atoms with van der Waals surface area (Å²) in [5, 5.41) is 3.46. The molecule has 7 nitrogen and oxygen atoms in total. The van der Waals surface area contributed by atoms with Crippen molar-refractivity contribution in [2.45, 2.75) is 44.9 Å². The van der Waals surface area contributed by atoms with E-state index in [4.69, 9.17) is 18.9 Å². The number of methoxy groups -OCH3 is 1. The van der Waals surface area contributed by atoms with Gasteiger partial charge < -0.3 is 29.2 Å². The first-order chi connectivity index (χ1) is 13.7. The monoisotopic (exact) mass is 519 g/mol. The number of rotatable bonds is 7. The number of nitrogens with one attached hydrogen (secondary N) is 1. The number of hydrogen-bond donors (Lipinski definition) is 1. The lowest BCUT2D eigenvalue weighted by Crippen LogP contribution is -2.53. The lowest BCUT2D eigenvalue weighted by molar-refractivity contribution is -0.0817. The van der Waals surface area contributed by atoms with Crippen LogP contribution in [0.25, 0.3) is 0 Å². The molecule has 1 aromatic rings. The summed E-state index contributed by atoms with van der Waals surface area (Å²) in [7, 11) is 3.49. The molecule has 1 N–H and O–H groups in total. The second kappa shape index (κ2) is 12.4. The number of nitrogens with zero attached hydrogens (tertiary/aromatic N) is 2. The SMILES string of the molecule is CCCOc1ccc(CNC(=NC)N2CCOC(C3CCCO3)C2)cc1OC.I. The van der Waals surface area contributed by atoms with Crippen LogP contribution in [0.15, 0.2) is 23.2 Å². The molecular formula is C21H34IN3O4. The van der Waals surface area contributed by atoms with E-state index in [-0.39, 0.29) is 36.2 Å². The van der Waals surface area contributed by atoms with Crippen LogP contribution in [0.5, 0.6) is 11.5 Å². The summed E-state index contributed by atoms with van der Waals surface area (Å²) in [6.45, 7) is 6.61. The molecule has 2 aliphatic heterocycles. The number of ether oxygens (including phenoxy) is 4. The molecular weight excluding hydrogens is 485 g/mol. The number of morpholine rings is 1. The van der Waals surface area contributed by atoms with Crippen LogP contribution in [0.3, 0.4) is 0 Å². The molecule has 0 bridgehead atoms. The molecule has 2 unspecified atom stereocenters. The summed E-state index contributed by atoms with van der Waals surface area (Å²) in [5.41, 5.74) is 1.12. The van der Waals surface area contributed by atoms with Crippen molar-refractivity contribution in [2.24, 2.45) is 4.99 Å². The second-order valence-electron chi connectivity index (χ2n) is 7.14. The van der Waals surface area contributed by atoms with E-state index >= 15 is 0 Å². The minimum absolute atomic E-state index is 0. The minimum atomic E-state index is 0. The number of benzene rings is 1. The molecule has 0 aliphatic carbocycles. The Hall–Kier alpha value is -1.26. The van der Waals surface area contributed by atoms with Crippen molar-refractivity contribution in [3.8, 4) is 11.5 Å². The largest absolute Gasteiger partial charge is 0.493 e. The molecule has 2 saturated heterocycles. The fraction of sp³-hybridized carbons (Fsp3) is 0.667. The fourth-order valence-electron chi connectivity index (χ4n) is 3.66. The van der Waals surface area contributed by atoms with Crippen LogP contribution in [0.1, 0.15) is 31.7 Å². The Morgan fingerprint density at radius 2 is 2.07 bits per heavy atom. The van der Waals surface area contributed by atoms with Gasteiger partial charge in [0.25, 0.3) is 0 Å². The first-order valence-corrected chi connectivity index (χ1v) is 10.2. The van der Waals surface area contributed by atoms with Crippen LogP contribution in [0.2, 0.25) is 0 Å². The second-order valence-corrected chi connectivity index (χ2v) is 7.14. The Labute approximate surface area is 191 Å². The number of halogens is 1. The molecule has 29 heavy (non-hydrogen) atoms. The zero-order valence-electron chi connectivity index (χ0n) is 17.7. The normalized spacial score (nSPS) is 22.2. The highest BCUT2D eigenvalue weighted by Gasteiger charge is 2.32. The van der Waals surface area contributed by atoms with Gasteiger partial charge in [-0.1, -0.05) is 13.0 Å². The Morgan fingerprint density at radius 3 is 2.76 bits per heavy atom. The molecule has 0 radical (unpaired) electrons. The predicted molar refractivity (Wildman–Crippen MR) is 125 cm³/mol. The maximum absolute atomic E-state index is 5.95. The molecule has 0 spiro atoms. The van der Waals surface area contributed by atoms with E-state index in [9.17, 15) is 0 Å². The molecule has 1 aromatic carbocycles. The van der Waals surface area contributed by atoms with Gasteiger partial charge in [0.2, 0.25) is 0 Å². The molecule has 8 heteroatoms. The van der Waals surface area contributed by atoms with E-state index in [0.717, 1.165) is 62.0 Å². The standard InChI is InChI=1S/C21H33N3O4.HI/c1-4-10-26-18-8-7-16(13-19(18)25-3)14-23-21(22-2)24-9-12-28-20(15-24)17-6-5-11-27-17;/h7-8,13,17,20H,4-6,9-12,14-15H2,1-3H3,(H,22,23);1H. The van der Waals surface area contributed by atoms with Crippen LogP contribution in [0, 0.1) is 0 Å². The van der Waals surface area contributed by atoms with E-state index in [2.05, 4.69) is 28.2 Å². The van der Waals surface area contributed by atoms with Crippen molar-refractivity contribution in [2.75, 3.05) is 47.1 Å². The molecule has 0 amide bonds. The van der Waals surface area contributed by atoms with E-state index in [1.54, 1.807) is 7.11 Å². The van der Waals surface area contributed by atoms with E-state index in [1.165, 1.54) is 0 Å². The van der Waals surface area contributed by atoms with Gasteiger partial charge in [-0.05, 0) is 37.0 Å². The zero-order valence-corrected chi connectivity index (χ0v) is 20.0. The van der Waals surface area contributed by atoms with Crippen LogP contribution in [-0.2, 0) is 16.0 Å². The Kier molecular flexibility index (Phi) is 10.3. The van der Waals surface area contributed by atoms with Gasteiger partial charge in [-0.2, -0.15) is 0 Å². The number of hydrogen-bond acceptors (Lipinski definition) is 5. The molecule has 2 fully saturated rings. The highest BCUT2D eigenvalue weighted by Crippen LogP contribution is 2.28. The summed E-state index contributed by atoms with van der Waals surface area (Å²) in [6, 6.07) is 6.04. The van der Waals surface area contributed by atoms with Crippen LogP contribution >= 0.6 is 24.0 Å². The third-order valence-corrected chi connectivity index (χ3v) is 5.12. The summed E-state index contributed by atoms with van der Waals surface area (Å²) >= 11 is 0. The smallest absolute Gasteiger partial charge is 0.194 e. The summed E-state index contributed by atoms with van der Waals surface area (Å²) in [6.07, 6.45) is 3.49. The average Bonchev–Trinajstić information content (AvgIpc) is 3.28. The molecule has 2 heterocycles. The van der Waals surface area contributed by atoms with Gasteiger partial charge in [0.05, 0.1) is 26.4 Å². The van der Waals surface area contributed by atoms with Gasteiger partial charge in [-0.3, -0.25) is 4.99 Å². The third kappa shape index (κ3) is 6.62. The molecule has 2 atom stereocenters. The maximum atomic E-state index is 5.95. The van der Waals surface area contributed by atoms with Crippen LogP contribution in [0.4, 0.5) is 0 Å². The van der Waals surface area contributed by atoms with Gasteiger partial charge in [0.1, 0.15) is 6.10 Å². The van der Waals surface area contributed by atoms with Gasteiger partial charge >= 0.3 is 0 Å². The van der Waals surface area contributed by atoms with Gasteiger partial charge in [-0.15, -0.1) is 24.0 Å². The highest BCUT2D eigenvalue weighted by molar-refractivity contribution is 14.0. The molecule has 2 aliphatic rings. The molecule has 3 rings (SSSR count). The summed E-state index contributed by atoms with van der Waals surface area (Å²) < 4.78 is 23.0. The van der Waals surface area contributed by atoms with E-state index in [1.807, 2.05) is 19.2 Å². The number of aliphatic imine (C=N–C) groups is 1. The Morgan fingerprint density at radius 1 is 1.24 bits per heavy atom. The average molecular weight is 519 g/mol. The maximum Gasteiger partial charge on any atom is 0.194 e. The summed E-state index contributed by atoms with van der Waals surface area (Å²) in [4.78, 5) is 6.72. The van der Waals surface area contributed by atoms with Crippen molar-refractivity contribution in [1.82, 2.24) is 10.2 Å². The minimum Gasteiger partial charge on any atom is -0.493 e. The third-order valence-electron chi connectivity index (χ3n) is 5.12. The zero-order chi connectivity index (χ0) is 19.8. The van der Waals surface area contributed by atoms with E-state index in [0.29, 0.717) is 19.8 Å². The lowest BCUT2D eigenvalue weighted by atomic mass is 10.1. The van der Waals surface area contributed by atoms with E-state index < -0.39 is 0 Å². The van der Waals surface area contributed by atoms with Crippen molar-refractivity contribution in [3.05, 3.63) is 23.8 Å². The van der Waals surface area contributed by atoms with Gasteiger partial charge in [0.15, 0.2) is 17.5 Å². The molecule has 0 aromatic heterocycles. The summed E-state index contributed by atoms with van der Waals surface area (Å²) in [5.74, 6) is 2.43. The number of guanidine groups is 1.